The third-order valence-corrected chi connectivity index (χ3v) is 4.41. The van der Waals surface area contributed by atoms with Crippen molar-refractivity contribution in [1.29, 1.82) is 0 Å². The largest absolute Gasteiger partial charge is 0.471 e. The summed E-state index contributed by atoms with van der Waals surface area (Å²) >= 11 is 0. The molecule has 6 heteroatoms. The first-order chi connectivity index (χ1) is 10.8. The predicted octanol–water partition coefficient (Wildman–Crippen LogP) is 4.29. The molecular weight excluding hydrogens is 305 g/mol. The molecule has 1 atom stereocenters. The SMILES string of the molecule is CCN(C(=O)C(F)(F)F)c1ccc(N2CCCCC2C)c(C)c1. The van der Waals surface area contributed by atoms with E-state index in [0.29, 0.717) is 11.7 Å². The number of alkyl halides is 3. The zero-order valence-electron chi connectivity index (χ0n) is 13.8. The maximum Gasteiger partial charge on any atom is 0.471 e. The molecule has 0 spiro atoms. The van der Waals surface area contributed by atoms with Gasteiger partial charge in [-0.3, -0.25) is 4.79 Å². The minimum Gasteiger partial charge on any atom is -0.369 e. The van der Waals surface area contributed by atoms with Crippen LogP contribution in [0.1, 0.15) is 38.7 Å². The maximum absolute atomic E-state index is 12.7. The van der Waals surface area contributed by atoms with E-state index < -0.39 is 12.1 Å². The van der Waals surface area contributed by atoms with E-state index in [9.17, 15) is 18.0 Å². The van der Waals surface area contributed by atoms with Crippen LogP contribution < -0.4 is 9.80 Å². The van der Waals surface area contributed by atoms with Crippen molar-refractivity contribution in [3.63, 3.8) is 0 Å². The lowest BCUT2D eigenvalue weighted by Crippen LogP contribution is -2.41. The van der Waals surface area contributed by atoms with Crippen LogP contribution in [0.4, 0.5) is 24.5 Å². The number of hydrogen-bond donors (Lipinski definition) is 0. The summed E-state index contributed by atoms with van der Waals surface area (Å²) in [5, 5.41) is 0. The first-order valence-corrected chi connectivity index (χ1v) is 8.01. The summed E-state index contributed by atoms with van der Waals surface area (Å²) in [6.07, 6.45) is -1.41. The van der Waals surface area contributed by atoms with Gasteiger partial charge in [0.05, 0.1) is 0 Å². The Balaban J connectivity index is 2.29. The Morgan fingerprint density at radius 2 is 2.04 bits per heavy atom. The molecule has 0 aromatic heterocycles. The first-order valence-electron chi connectivity index (χ1n) is 8.01. The molecule has 2 rings (SSSR count). The zero-order valence-corrected chi connectivity index (χ0v) is 13.8. The Morgan fingerprint density at radius 3 is 2.57 bits per heavy atom. The van der Waals surface area contributed by atoms with Crippen LogP contribution in [0, 0.1) is 6.92 Å². The van der Waals surface area contributed by atoms with Crippen LogP contribution >= 0.6 is 0 Å². The fourth-order valence-corrected chi connectivity index (χ4v) is 3.18. The van der Waals surface area contributed by atoms with Crippen LogP contribution in [0.15, 0.2) is 18.2 Å². The fourth-order valence-electron chi connectivity index (χ4n) is 3.18. The molecule has 0 saturated carbocycles. The minimum atomic E-state index is -4.86. The number of amides is 1. The molecule has 1 aliphatic rings. The molecule has 1 aromatic carbocycles. The van der Waals surface area contributed by atoms with Crippen LogP contribution in [0.2, 0.25) is 0 Å². The van der Waals surface area contributed by atoms with E-state index in [1.54, 1.807) is 19.1 Å². The van der Waals surface area contributed by atoms with Crippen molar-refractivity contribution in [1.82, 2.24) is 0 Å². The Labute approximate surface area is 135 Å². The Bertz CT molecular complexity index is 571. The van der Waals surface area contributed by atoms with Gasteiger partial charge in [0.2, 0.25) is 0 Å². The average Bonchev–Trinajstić information content (AvgIpc) is 2.48. The summed E-state index contributed by atoms with van der Waals surface area (Å²) in [7, 11) is 0. The van der Waals surface area contributed by atoms with E-state index in [0.717, 1.165) is 35.5 Å². The number of carbonyl (C=O) groups is 1. The lowest BCUT2D eigenvalue weighted by atomic mass is 10.0. The van der Waals surface area contributed by atoms with Gasteiger partial charge in [0.15, 0.2) is 0 Å². The van der Waals surface area contributed by atoms with Gasteiger partial charge in [-0.1, -0.05) is 0 Å². The van der Waals surface area contributed by atoms with Crippen molar-refractivity contribution in [2.24, 2.45) is 0 Å². The molecule has 0 N–H and O–H groups in total. The van der Waals surface area contributed by atoms with Crippen molar-refractivity contribution < 1.29 is 18.0 Å². The lowest BCUT2D eigenvalue weighted by Gasteiger charge is -2.36. The number of rotatable bonds is 3. The summed E-state index contributed by atoms with van der Waals surface area (Å²) in [6, 6.07) is 5.53. The second-order valence-electron chi connectivity index (χ2n) is 6.06. The highest BCUT2D eigenvalue weighted by Gasteiger charge is 2.42. The molecule has 23 heavy (non-hydrogen) atoms. The number of carbonyl (C=O) groups excluding carboxylic acids is 1. The monoisotopic (exact) mass is 328 g/mol. The van der Waals surface area contributed by atoms with E-state index in [2.05, 4.69) is 11.8 Å². The van der Waals surface area contributed by atoms with Gasteiger partial charge in [-0.25, -0.2) is 0 Å². The number of nitrogens with zero attached hydrogens (tertiary/aromatic N) is 2. The zero-order chi connectivity index (χ0) is 17.2. The van der Waals surface area contributed by atoms with Gasteiger partial charge in [-0.2, -0.15) is 13.2 Å². The summed E-state index contributed by atoms with van der Waals surface area (Å²) < 4.78 is 38.1. The molecule has 1 heterocycles. The Kier molecular flexibility index (Phi) is 5.22. The van der Waals surface area contributed by atoms with Gasteiger partial charge in [-0.05, 0) is 63.8 Å². The topological polar surface area (TPSA) is 23.6 Å². The summed E-state index contributed by atoms with van der Waals surface area (Å²) in [5.74, 6) is -1.82. The predicted molar refractivity (Wildman–Crippen MR) is 85.9 cm³/mol. The lowest BCUT2D eigenvalue weighted by molar-refractivity contribution is -0.170. The molecule has 1 aromatic rings. The molecule has 1 aliphatic heterocycles. The van der Waals surface area contributed by atoms with Gasteiger partial charge in [-0.15, -0.1) is 0 Å². The molecule has 1 unspecified atom stereocenters. The van der Waals surface area contributed by atoms with Gasteiger partial charge in [0.1, 0.15) is 0 Å². The van der Waals surface area contributed by atoms with E-state index in [-0.39, 0.29) is 6.54 Å². The number of hydrogen-bond acceptors (Lipinski definition) is 2. The van der Waals surface area contributed by atoms with Crippen LogP contribution in [-0.4, -0.2) is 31.2 Å². The van der Waals surface area contributed by atoms with E-state index in [1.807, 2.05) is 13.0 Å². The van der Waals surface area contributed by atoms with Gasteiger partial charge in [0.25, 0.3) is 0 Å². The third kappa shape index (κ3) is 3.79. The standard InChI is InChI=1S/C17H23F3N2O/c1-4-21(16(23)17(18,19)20)14-8-9-15(12(2)11-14)22-10-6-5-7-13(22)3/h8-9,11,13H,4-7,10H2,1-3H3. The van der Waals surface area contributed by atoms with E-state index in [1.165, 1.54) is 6.42 Å². The fraction of sp³-hybridized carbons (Fsp3) is 0.588. The molecular formula is C17H23F3N2O. The quantitative estimate of drug-likeness (QED) is 0.826. The van der Waals surface area contributed by atoms with E-state index >= 15 is 0 Å². The second kappa shape index (κ2) is 6.81. The van der Waals surface area contributed by atoms with Gasteiger partial charge in [0, 0.05) is 30.5 Å². The Hall–Kier alpha value is -1.72. The van der Waals surface area contributed by atoms with Crippen LogP contribution in [0.3, 0.4) is 0 Å². The van der Waals surface area contributed by atoms with Gasteiger partial charge >= 0.3 is 12.1 Å². The van der Waals surface area contributed by atoms with Crippen LogP contribution in [-0.2, 0) is 4.79 Å². The third-order valence-electron chi connectivity index (χ3n) is 4.41. The van der Waals surface area contributed by atoms with E-state index in [4.69, 9.17) is 0 Å². The first kappa shape index (κ1) is 17.6. The van der Waals surface area contributed by atoms with Crippen molar-refractivity contribution in [3.8, 4) is 0 Å². The molecule has 0 aliphatic carbocycles. The number of halogens is 3. The number of benzene rings is 1. The van der Waals surface area contributed by atoms with Crippen molar-refractivity contribution >= 4 is 17.3 Å². The Morgan fingerprint density at radius 1 is 1.35 bits per heavy atom. The van der Waals surface area contributed by atoms with Crippen molar-refractivity contribution in [2.45, 2.75) is 52.3 Å². The molecule has 0 bridgehead atoms. The highest BCUT2D eigenvalue weighted by atomic mass is 19.4. The van der Waals surface area contributed by atoms with Crippen molar-refractivity contribution in [3.05, 3.63) is 23.8 Å². The molecule has 3 nitrogen and oxygen atoms in total. The number of anilines is 2. The van der Waals surface area contributed by atoms with Gasteiger partial charge < -0.3 is 9.80 Å². The highest BCUT2D eigenvalue weighted by molar-refractivity contribution is 5.97. The number of aryl methyl sites for hydroxylation is 1. The molecule has 1 amide bonds. The maximum atomic E-state index is 12.7. The normalized spacial score (nSPS) is 18.9. The minimum absolute atomic E-state index is 0.0166. The molecule has 128 valence electrons. The second-order valence-corrected chi connectivity index (χ2v) is 6.06. The molecule has 1 fully saturated rings. The molecule has 1 saturated heterocycles. The summed E-state index contributed by atoms with van der Waals surface area (Å²) in [5.41, 5.74) is 2.22. The molecule has 0 radical (unpaired) electrons. The van der Waals surface area contributed by atoms with Crippen LogP contribution in [0.25, 0.3) is 0 Å². The smallest absolute Gasteiger partial charge is 0.369 e. The van der Waals surface area contributed by atoms with Crippen molar-refractivity contribution in [2.75, 3.05) is 22.9 Å². The summed E-state index contributed by atoms with van der Waals surface area (Å²) in [6.45, 7) is 6.53. The number of piperidine rings is 1. The summed E-state index contributed by atoms with van der Waals surface area (Å²) in [4.78, 5) is 14.6. The van der Waals surface area contributed by atoms with Crippen LogP contribution in [0.5, 0.6) is 0 Å². The highest BCUT2D eigenvalue weighted by Crippen LogP contribution is 2.31. The average molecular weight is 328 g/mol.